The lowest BCUT2D eigenvalue weighted by atomic mass is 10.0. The predicted molar refractivity (Wildman–Crippen MR) is 70.2 cm³/mol. The average molecular weight is 272 g/mol. The van der Waals surface area contributed by atoms with Gasteiger partial charge in [0.1, 0.15) is 11.5 Å². The van der Waals surface area contributed by atoms with Crippen LogP contribution in [0.2, 0.25) is 0 Å². The fourth-order valence-electron chi connectivity index (χ4n) is 1.78. The van der Waals surface area contributed by atoms with Gasteiger partial charge in [0.25, 0.3) is 0 Å². The summed E-state index contributed by atoms with van der Waals surface area (Å²) in [5.74, 6) is -1.49. The van der Waals surface area contributed by atoms with E-state index in [0.29, 0.717) is 12.0 Å². The van der Waals surface area contributed by atoms with Crippen molar-refractivity contribution in [3.63, 3.8) is 0 Å². The molecule has 0 saturated carbocycles. The fourth-order valence-corrected chi connectivity index (χ4v) is 1.78. The van der Waals surface area contributed by atoms with Crippen LogP contribution >= 0.6 is 0 Å². The Bertz CT molecular complexity index is 464. The molecule has 1 aromatic carbocycles. The summed E-state index contributed by atoms with van der Waals surface area (Å²) in [7, 11) is 0. The third-order valence-corrected chi connectivity index (χ3v) is 2.79. The molecule has 0 fully saturated rings. The van der Waals surface area contributed by atoms with Gasteiger partial charge in [-0.1, -0.05) is 13.8 Å². The Morgan fingerprint density at radius 2 is 1.89 bits per heavy atom. The molecule has 0 amide bonds. The van der Waals surface area contributed by atoms with Gasteiger partial charge < -0.3 is 5.32 Å². The molecule has 106 valence electrons. The van der Waals surface area contributed by atoms with Crippen LogP contribution in [0.1, 0.15) is 33.6 Å². The van der Waals surface area contributed by atoms with E-state index >= 15 is 0 Å². The minimum atomic E-state index is -1.16. The van der Waals surface area contributed by atoms with E-state index in [9.17, 15) is 18.9 Å². The molecule has 0 saturated heterocycles. The first-order valence-electron chi connectivity index (χ1n) is 6.21. The van der Waals surface area contributed by atoms with Gasteiger partial charge in [0, 0.05) is 18.2 Å². The fraction of sp³-hybridized carbons (Fsp3) is 0.538. The zero-order valence-corrected chi connectivity index (χ0v) is 11.2. The number of nitro groups is 1. The minimum Gasteiger partial charge on any atom is -0.377 e. The van der Waals surface area contributed by atoms with Gasteiger partial charge >= 0.3 is 5.69 Å². The lowest BCUT2D eigenvalue weighted by Crippen LogP contribution is -2.17. The van der Waals surface area contributed by atoms with Crippen molar-refractivity contribution >= 4 is 11.4 Å². The first kappa shape index (κ1) is 15.3. The molecule has 19 heavy (non-hydrogen) atoms. The Morgan fingerprint density at radius 3 is 2.42 bits per heavy atom. The Balaban J connectivity index is 2.90. The first-order valence-corrected chi connectivity index (χ1v) is 6.21. The third kappa shape index (κ3) is 4.46. The minimum absolute atomic E-state index is 0.0951. The van der Waals surface area contributed by atoms with Crippen molar-refractivity contribution in [2.45, 2.75) is 39.7 Å². The molecule has 0 aliphatic heterocycles. The zero-order valence-electron chi connectivity index (χ0n) is 11.2. The van der Waals surface area contributed by atoms with Crippen LogP contribution in [0.3, 0.4) is 0 Å². The van der Waals surface area contributed by atoms with Crippen molar-refractivity contribution in [3.05, 3.63) is 33.9 Å². The number of halogens is 2. The average Bonchev–Trinajstić information content (AvgIpc) is 2.24. The summed E-state index contributed by atoms with van der Waals surface area (Å²) in [6.45, 7) is 5.96. The van der Waals surface area contributed by atoms with Crippen LogP contribution in [0.5, 0.6) is 0 Å². The lowest BCUT2D eigenvalue weighted by molar-refractivity contribution is -0.386. The van der Waals surface area contributed by atoms with Gasteiger partial charge in [0.05, 0.1) is 4.92 Å². The highest BCUT2D eigenvalue weighted by molar-refractivity contribution is 5.62. The predicted octanol–water partition coefficient (Wildman–Crippen LogP) is 4.11. The van der Waals surface area contributed by atoms with Gasteiger partial charge in [-0.2, -0.15) is 4.39 Å². The molecular weight excluding hydrogens is 254 g/mol. The summed E-state index contributed by atoms with van der Waals surface area (Å²) < 4.78 is 26.5. The van der Waals surface area contributed by atoms with Crippen molar-refractivity contribution in [3.8, 4) is 0 Å². The summed E-state index contributed by atoms with van der Waals surface area (Å²) in [4.78, 5) is 9.96. The number of rotatable bonds is 6. The maximum absolute atomic E-state index is 13.4. The van der Waals surface area contributed by atoms with Crippen molar-refractivity contribution in [1.29, 1.82) is 0 Å². The van der Waals surface area contributed by atoms with E-state index in [1.807, 2.05) is 6.92 Å². The normalized spacial score (nSPS) is 12.5. The number of hydrogen-bond donors (Lipinski definition) is 1. The maximum atomic E-state index is 13.4. The van der Waals surface area contributed by atoms with E-state index in [1.165, 1.54) is 0 Å². The smallest absolute Gasteiger partial charge is 0.327 e. The zero-order chi connectivity index (χ0) is 14.6. The quantitative estimate of drug-likeness (QED) is 0.626. The molecule has 1 unspecified atom stereocenters. The van der Waals surface area contributed by atoms with Crippen LogP contribution in [0, 0.1) is 27.7 Å². The molecule has 1 atom stereocenters. The summed E-state index contributed by atoms with van der Waals surface area (Å²) in [6.07, 6.45) is 1.70. The summed E-state index contributed by atoms with van der Waals surface area (Å²) in [5, 5.41) is 13.6. The standard InChI is InChI=1S/C13H18F2N2O2/c1-8(2)4-5-9(3)16-12-7-10(14)6-11(15)13(12)17(18)19/h6-9,16H,4-5H2,1-3H3. The monoisotopic (exact) mass is 272 g/mol. The highest BCUT2D eigenvalue weighted by atomic mass is 19.1. The molecule has 6 heteroatoms. The van der Waals surface area contributed by atoms with E-state index in [-0.39, 0.29) is 11.7 Å². The molecular formula is C13H18F2N2O2. The van der Waals surface area contributed by atoms with E-state index < -0.39 is 22.2 Å². The Morgan fingerprint density at radius 1 is 1.26 bits per heavy atom. The van der Waals surface area contributed by atoms with Crippen LogP contribution in [0.4, 0.5) is 20.2 Å². The second-order valence-corrected chi connectivity index (χ2v) is 5.06. The Kier molecular flexibility index (Phi) is 5.20. The number of hydrogen-bond acceptors (Lipinski definition) is 3. The van der Waals surface area contributed by atoms with Gasteiger partial charge in [-0.15, -0.1) is 0 Å². The lowest BCUT2D eigenvalue weighted by Gasteiger charge is -2.16. The van der Waals surface area contributed by atoms with Gasteiger partial charge in [0.15, 0.2) is 0 Å². The topological polar surface area (TPSA) is 55.2 Å². The molecule has 0 aliphatic rings. The van der Waals surface area contributed by atoms with E-state index in [2.05, 4.69) is 19.2 Å². The van der Waals surface area contributed by atoms with Crippen LogP contribution in [0.25, 0.3) is 0 Å². The van der Waals surface area contributed by atoms with E-state index in [0.717, 1.165) is 18.9 Å². The van der Waals surface area contributed by atoms with Crippen molar-refractivity contribution in [2.75, 3.05) is 5.32 Å². The molecule has 0 heterocycles. The molecule has 4 nitrogen and oxygen atoms in total. The molecule has 0 bridgehead atoms. The number of anilines is 1. The van der Waals surface area contributed by atoms with E-state index in [1.54, 1.807) is 0 Å². The molecule has 1 aromatic rings. The summed E-state index contributed by atoms with van der Waals surface area (Å²) in [5.41, 5.74) is -0.823. The Labute approximate surface area is 111 Å². The molecule has 0 radical (unpaired) electrons. The summed E-state index contributed by atoms with van der Waals surface area (Å²) in [6, 6.07) is 1.37. The van der Waals surface area contributed by atoms with Gasteiger partial charge in [-0.25, -0.2) is 4.39 Å². The summed E-state index contributed by atoms with van der Waals surface area (Å²) >= 11 is 0. The van der Waals surface area contributed by atoms with Crippen LogP contribution < -0.4 is 5.32 Å². The van der Waals surface area contributed by atoms with Gasteiger partial charge in [0.2, 0.25) is 5.82 Å². The third-order valence-electron chi connectivity index (χ3n) is 2.79. The van der Waals surface area contributed by atoms with Crippen LogP contribution in [-0.4, -0.2) is 11.0 Å². The molecule has 0 aromatic heterocycles. The number of nitrogens with one attached hydrogen (secondary N) is 1. The first-order chi connectivity index (χ1) is 8.81. The van der Waals surface area contributed by atoms with Crippen LogP contribution in [-0.2, 0) is 0 Å². The molecule has 1 N–H and O–H groups in total. The van der Waals surface area contributed by atoms with Crippen molar-refractivity contribution in [2.24, 2.45) is 5.92 Å². The molecule has 1 rings (SSSR count). The Hall–Kier alpha value is -1.72. The molecule has 0 spiro atoms. The van der Waals surface area contributed by atoms with E-state index in [4.69, 9.17) is 0 Å². The van der Waals surface area contributed by atoms with Gasteiger partial charge in [-0.3, -0.25) is 10.1 Å². The number of nitro benzene ring substituents is 1. The highest BCUT2D eigenvalue weighted by Gasteiger charge is 2.22. The second kappa shape index (κ2) is 6.45. The maximum Gasteiger partial charge on any atom is 0.327 e. The SMILES string of the molecule is CC(C)CCC(C)Nc1cc(F)cc(F)c1[N+](=O)[O-]. The largest absolute Gasteiger partial charge is 0.377 e. The molecule has 0 aliphatic carbocycles. The second-order valence-electron chi connectivity index (χ2n) is 5.06. The highest BCUT2D eigenvalue weighted by Crippen LogP contribution is 2.29. The number of benzene rings is 1. The van der Waals surface area contributed by atoms with Crippen molar-refractivity contribution in [1.82, 2.24) is 0 Å². The van der Waals surface area contributed by atoms with Crippen LogP contribution in [0.15, 0.2) is 12.1 Å². The van der Waals surface area contributed by atoms with Gasteiger partial charge in [-0.05, 0) is 25.7 Å². The van der Waals surface area contributed by atoms with Crippen molar-refractivity contribution < 1.29 is 13.7 Å². The number of nitrogens with zero attached hydrogens (tertiary/aromatic N) is 1.